The number of halogens is 2. The van der Waals surface area contributed by atoms with Gasteiger partial charge in [0.1, 0.15) is 0 Å². The summed E-state index contributed by atoms with van der Waals surface area (Å²) in [6, 6.07) is 15.9. The van der Waals surface area contributed by atoms with E-state index in [0.29, 0.717) is 11.4 Å². The Morgan fingerprint density at radius 3 is 2.83 bits per heavy atom. The summed E-state index contributed by atoms with van der Waals surface area (Å²) in [5.41, 5.74) is 4.64. The summed E-state index contributed by atoms with van der Waals surface area (Å²) in [6.07, 6.45) is 2.28. The Balaban J connectivity index is 2.02. The highest BCUT2D eigenvalue weighted by molar-refractivity contribution is 9.10. The molecule has 0 atom stereocenters. The quantitative estimate of drug-likeness (QED) is 0.461. The number of aromatic nitrogens is 2. The number of nitrogens with zero attached hydrogens (tertiary/aromatic N) is 2. The van der Waals surface area contributed by atoms with Crippen molar-refractivity contribution in [3.05, 3.63) is 63.7 Å². The minimum atomic E-state index is 0.333. The number of fused-ring (bicyclic) bond motifs is 2. The zero-order valence-corrected chi connectivity index (χ0v) is 14.8. The maximum Gasteiger partial charge on any atom is 0.0734 e. The number of nitrogens with one attached hydrogen (secondary N) is 1. The Hall–Kier alpha value is -2.35. The second kappa shape index (κ2) is 5.94. The molecule has 0 spiro atoms. The predicted molar refractivity (Wildman–Crippen MR) is 101 cm³/mol. The fourth-order valence-electron chi connectivity index (χ4n) is 2.95. The van der Waals surface area contributed by atoms with Gasteiger partial charge in [-0.1, -0.05) is 33.6 Å². The molecule has 0 fully saturated rings. The molecule has 116 valence electrons. The van der Waals surface area contributed by atoms with Crippen LogP contribution in [0, 0.1) is 11.3 Å². The highest BCUT2D eigenvalue weighted by Gasteiger charge is 2.12. The molecule has 0 aliphatic carbocycles. The van der Waals surface area contributed by atoms with Gasteiger partial charge in [0.25, 0.3) is 0 Å². The summed E-state index contributed by atoms with van der Waals surface area (Å²) in [4.78, 5) is 8.04. The van der Waals surface area contributed by atoms with Crippen molar-refractivity contribution in [3.8, 4) is 17.3 Å². The fraction of sp³-hybridized carbons (Fsp3) is 0.0526. The Bertz CT molecular complexity index is 1120. The maximum absolute atomic E-state index is 9.15. The fourth-order valence-corrected chi connectivity index (χ4v) is 3.48. The van der Waals surface area contributed by atoms with Crippen LogP contribution in [0.5, 0.6) is 0 Å². The number of hydrogen-bond donors (Lipinski definition) is 1. The first kappa shape index (κ1) is 15.2. The molecule has 2 heterocycles. The lowest BCUT2D eigenvalue weighted by molar-refractivity contribution is 1.26. The molecular formula is C19H11BrClN3. The third-order valence-corrected chi connectivity index (χ3v) is 4.78. The van der Waals surface area contributed by atoms with Crippen molar-refractivity contribution in [1.82, 2.24) is 9.97 Å². The third kappa shape index (κ3) is 2.56. The summed E-state index contributed by atoms with van der Waals surface area (Å²) < 4.78 is 1.01. The number of nitriles is 1. The van der Waals surface area contributed by atoms with Crippen molar-refractivity contribution in [2.24, 2.45) is 0 Å². The normalized spacial score (nSPS) is 11.0. The number of pyridine rings is 1. The van der Waals surface area contributed by atoms with E-state index in [1.54, 1.807) is 0 Å². The second-order valence-electron chi connectivity index (χ2n) is 5.56. The maximum atomic E-state index is 9.15. The van der Waals surface area contributed by atoms with E-state index in [1.165, 1.54) is 0 Å². The number of H-pyrrole nitrogens is 1. The van der Waals surface area contributed by atoms with Crippen LogP contribution in [0.25, 0.3) is 33.1 Å². The van der Waals surface area contributed by atoms with Crippen LogP contribution in [0.15, 0.2) is 53.1 Å². The van der Waals surface area contributed by atoms with E-state index in [4.69, 9.17) is 21.8 Å². The van der Waals surface area contributed by atoms with Crippen molar-refractivity contribution in [2.75, 3.05) is 0 Å². The van der Waals surface area contributed by atoms with E-state index in [1.807, 2.05) is 42.6 Å². The van der Waals surface area contributed by atoms with Gasteiger partial charge in [-0.3, -0.25) is 0 Å². The number of benzene rings is 2. The van der Waals surface area contributed by atoms with Crippen LogP contribution in [0.1, 0.15) is 5.56 Å². The van der Waals surface area contributed by atoms with Crippen LogP contribution in [0.4, 0.5) is 0 Å². The lowest BCUT2D eigenvalue weighted by atomic mass is 10.0. The van der Waals surface area contributed by atoms with Crippen LogP contribution >= 0.6 is 27.5 Å². The highest BCUT2D eigenvalue weighted by atomic mass is 79.9. The minimum Gasteiger partial charge on any atom is -0.360 e. The summed E-state index contributed by atoms with van der Waals surface area (Å²) in [5.74, 6) is 0. The zero-order chi connectivity index (χ0) is 16.7. The summed E-state index contributed by atoms with van der Waals surface area (Å²) >= 11 is 9.64. The average molecular weight is 397 g/mol. The van der Waals surface area contributed by atoms with E-state index in [-0.39, 0.29) is 0 Å². The standard InChI is InChI=1S/C19H11BrClN3/c20-12-1-4-17-15(8-12)16(10-23-17)18-7-11(5-6-22)14-3-2-13(21)9-19(14)24-18/h1-4,7-10,23H,5H2. The van der Waals surface area contributed by atoms with Crippen LogP contribution in [-0.4, -0.2) is 9.97 Å². The largest absolute Gasteiger partial charge is 0.360 e. The number of hydrogen-bond acceptors (Lipinski definition) is 2. The first-order valence-corrected chi connectivity index (χ1v) is 8.56. The minimum absolute atomic E-state index is 0.333. The van der Waals surface area contributed by atoms with Gasteiger partial charge in [0.15, 0.2) is 0 Å². The van der Waals surface area contributed by atoms with Gasteiger partial charge in [-0.25, -0.2) is 4.98 Å². The molecule has 24 heavy (non-hydrogen) atoms. The van der Waals surface area contributed by atoms with Crippen LogP contribution in [0.3, 0.4) is 0 Å². The van der Waals surface area contributed by atoms with Crippen LogP contribution in [0.2, 0.25) is 5.02 Å². The Kier molecular flexibility index (Phi) is 3.76. The molecule has 2 aromatic carbocycles. The van der Waals surface area contributed by atoms with Gasteiger partial charge in [0, 0.05) is 37.5 Å². The molecule has 0 unspecified atom stereocenters. The smallest absolute Gasteiger partial charge is 0.0734 e. The van der Waals surface area contributed by atoms with Crippen molar-refractivity contribution in [3.63, 3.8) is 0 Å². The van der Waals surface area contributed by atoms with E-state index in [2.05, 4.69) is 33.0 Å². The van der Waals surface area contributed by atoms with Gasteiger partial charge in [-0.2, -0.15) is 5.26 Å². The third-order valence-electron chi connectivity index (χ3n) is 4.05. The topological polar surface area (TPSA) is 52.5 Å². The van der Waals surface area contributed by atoms with Crippen LogP contribution in [-0.2, 0) is 6.42 Å². The average Bonchev–Trinajstić information content (AvgIpc) is 2.97. The Morgan fingerprint density at radius 1 is 1.12 bits per heavy atom. The SMILES string of the molecule is N#CCc1cc(-c2c[nH]c3ccc(Br)cc23)nc2cc(Cl)ccc12. The van der Waals surface area contributed by atoms with Crippen molar-refractivity contribution >= 4 is 49.3 Å². The Morgan fingerprint density at radius 2 is 2.00 bits per heavy atom. The van der Waals surface area contributed by atoms with E-state index >= 15 is 0 Å². The number of rotatable bonds is 2. The molecule has 4 aromatic rings. The lowest BCUT2D eigenvalue weighted by Gasteiger charge is -2.08. The first-order chi connectivity index (χ1) is 11.7. The van der Waals surface area contributed by atoms with Gasteiger partial charge in [-0.05, 0) is 42.0 Å². The molecule has 1 N–H and O–H groups in total. The molecule has 5 heteroatoms. The van der Waals surface area contributed by atoms with E-state index in [9.17, 15) is 0 Å². The first-order valence-electron chi connectivity index (χ1n) is 7.39. The van der Waals surface area contributed by atoms with Gasteiger partial charge >= 0.3 is 0 Å². The zero-order valence-electron chi connectivity index (χ0n) is 12.5. The summed E-state index contributed by atoms with van der Waals surface area (Å²) in [6.45, 7) is 0. The number of aromatic amines is 1. The van der Waals surface area contributed by atoms with Crippen LogP contribution < -0.4 is 0 Å². The van der Waals surface area contributed by atoms with Crippen molar-refractivity contribution in [1.29, 1.82) is 5.26 Å². The monoisotopic (exact) mass is 395 g/mol. The summed E-state index contributed by atoms with van der Waals surface area (Å²) in [5, 5.41) is 11.8. The van der Waals surface area contributed by atoms with Crippen molar-refractivity contribution in [2.45, 2.75) is 6.42 Å². The van der Waals surface area contributed by atoms with E-state index < -0.39 is 0 Å². The van der Waals surface area contributed by atoms with Crippen molar-refractivity contribution < 1.29 is 0 Å². The van der Waals surface area contributed by atoms with Gasteiger partial charge in [-0.15, -0.1) is 0 Å². The molecule has 0 saturated heterocycles. The molecule has 0 saturated carbocycles. The predicted octanol–water partition coefficient (Wildman–Crippen LogP) is 5.87. The van der Waals surface area contributed by atoms with Gasteiger partial charge in [0.05, 0.1) is 23.7 Å². The highest BCUT2D eigenvalue weighted by Crippen LogP contribution is 2.32. The van der Waals surface area contributed by atoms with E-state index in [0.717, 1.165) is 43.1 Å². The molecule has 0 aliphatic rings. The second-order valence-corrected chi connectivity index (χ2v) is 6.91. The molecule has 2 aromatic heterocycles. The summed E-state index contributed by atoms with van der Waals surface area (Å²) in [7, 11) is 0. The Labute approximate surface area is 152 Å². The molecule has 0 radical (unpaired) electrons. The molecule has 4 rings (SSSR count). The van der Waals surface area contributed by atoms with Gasteiger partial charge in [0.2, 0.25) is 0 Å². The lowest BCUT2D eigenvalue weighted by Crippen LogP contribution is -1.92. The molecule has 0 aliphatic heterocycles. The molecular weight excluding hydrogens is 386 g/mol. The molecule has 0 bridgehead atoms. The van der Waals surface area contributed by atoms with Gasteiger partial charge < -0.3 is 4.98 Å². The molecule has 0 amide bonds. The molecule has 3 nitrogen and oxygen atoms in total.